The number of rotatable bonds is 5. The van der Waals surface area contributed by atoms with Gasteiger partial charge in [-0.1, -0.05) is 25.7 Å². The van der Waals surface area contributed by atoms with Gasteiger partial charge in [-0.05, 0) is 18.8 Å². The Morgan fingerprint density at radius 2 is 2.18 bits per heavy atom. The van der Waals surface area contributed by atoms with E-state index in [2.05, 4.69) is 9.97 Å². The molecule has 1 heterocycles. The van der Waals surface area contributed by atoms with Gasteiger partial charge in [-0.25, -0.2) is 9.37 Å². The molecule has 2 N–H and O–H groups in total. The zero-order chi connectivity index (χ0) is 12.1. The smallest absolute Gasteiger partial charge is 0.318 e. The molecule has 17 heavy (non-hydrogen) atoms. The van der Waals surface area contributed by atoms with E-state index >= 15 is 0 Å². The monoisotopic (exact) mass is 239 g/mol. The van der Waals surface area contributed by atoms with Crippen molar-refractivity contribution in [3.8, 4) is 6.01 Å². The van der Waals surface area contributed by atoms with Crippen molar-refractivity contribution < 1.29 is 9.13 Å². The summed E-state index contributed by atoms with van der Waals surface area (Å²) in [5.74, 6) is 0.0897. The first-order chi connectivity index (χ1) is 8.25. The first-order valence-corrected chi connectivity index (χ1v) is 6.16. The Kier molecular flexibility index (Phi) is 4.12. The van der Waals surface area contributed by atoms with Crippen LogP contribution in [0.15, 0.2) is 6.20 Å². The molecule has 4 nitrogen and oxygen atoms in total. The zero-order valence-corrected chi connectivity index (χ0v) is 9.86. The Labute approximate surface area is 100 Å². The van der Waals surface area contributed by atoms with Crippen molar-refractivity contribution >= 4 is 5.82 Å². The van der Waals surface area contributed by atoms with Gasteiger partial charge in [-0.15, -0.1) is 0 Å². The highest BCUT2D eigenvalue weighted by Gasteiger charge is 2.14. The minimum absolute atomic E-state index is 0.161. The van der Waals surface area contributed by atoms with Gasteiger partial charge in [0.25, 0.3) is 0 Å². The topological polar surface area (TPSA) is 61.0 Å². The maximum atomic E-state index is 12.8. The first kappa shape index (κ1) is 12.1. The summed E-state index contributed by atoms with van der Waals surface area (Å²) in [4.78, 5) is 7.43. The Hall–Kier alpha value is -1.39. The molecule has 0 aliphatic heterocycles. The van der Waals surface area contributed by atoms with E-state index in [1.54, 1.807) is 0 Å². The third-order valence-corrected chi connectivity index (χ3v) is 3.21. The molecule has 0 unspecified atom stereocenters. The molecule has 0 spiro atoms. The van der Waals surface area contributed by atoms with E-state index in [9.17, 15) is 4.39 Å². The summed E-state index contributed by atoms with van der Waals surface area (Å²) in [6, 6.07) is 0.162. The van der Waals surface area contributed by atoms with Crippen LogP contribution in [0.1, 0.15) is 38.5 Å². The fourth-order valence-electron chi connectivity index (χ4n) is 2.27. The predicted octanol–water partition coefficient (Wildman–Crippen LogP) is 2.55. The molecule has 0 atom stereocenters. The van der Waals surface area contributed by atoms with Crippen molar-refractivity contribution in [1.82, 2.24) is 9.97 Å². The fourth-order valence-corrected chi connectivity index (χ4v) is 2.27. The molecule has 5 heteroatoms. The van der Waals surface area contributed by atoms with E-state index in [4.69, 9.17) is 10.5 Å². The fraction of sp³-hybridized carbons (Fsp3) is 0.667. The van der Waals surface area contributed by atoms with Crippen LogP contribution >= 0.6 is 0 Å². The Balaban J connectivity index is 1.68. The first-order valence-electron chi connectivity index (χ1n) is 6.16. The van der Waals surface area contributed by atoms with Crippen LogP contribution in [0.25, 0.3) is 0 Å². The number of ether oxygens (including phenoxy) is 1. The molecule has 0 radical (unpaired) electrons. The molecule has 1 aliphatic rings. The molecule has 1 aromatic rings. The van der Waals surface area contributed by atoms with Crippen LogP contribution in [-0.2, 0) is 0 Å². The summed E-state index contributed by atoms with van der Waals surface area (Å²) in [6.07, 6.45) is 8.64. The Bertz CT molecular complexity index is 367. The maximum Gasteiger partial charge on any atom is 0.318 e. The van der Waals surface area contributed by atoms with Gasteiger partial charge in [0.15, 0.2) is 11.6 Å². The average Bonchev–Trinajstić information content (AvgIpc) is 2.82. The van der Waals surface area contributed by atoms with Crippen molar-refractivity contribution in [2.24, 2.45) is 5.92 Å². The van der Waals surface area contributed by atoms with E-state index in [-0.39, 0.29) is 11.8 Å². The van der Waals surface area contributed by atoms with Crippen LogP contribution < -0.4 is 10.5 Å². The van der Waals surface area contributed by atoms with Gasteiger partial charge in [0.1, 0.15) is 0 Å². The van der Waals surface area contributed by atoms with Gasteiger partial charge in [-0.3, -0.25) is 0 Å². The highest BCUT2D eigenvalue weighted by molar-refractivity contribution is 5.28. The predicted molar refractivity (Wildman–Crippen MR) is 63.1 cm³/mol. The van der Waals surface area contributed by atoms with Gasteiger partial charge >= 0.3 is 6.01 Å². The molecule has 1 fully saturated rings. The van der Waals surface area contributed by atoms with Crippen molar-refractivity contribution in [2.45, 2.75) is 38.5 Å². The summed E-state index contributed by atoms with van der Waals surface area (Å²) in [5, 5.41) is 0. The maximum absolute atomic E-state index is 12.8. The van der Waals surface area contributed by atoms with Crippen molar-refractivity contribution in [3.63, 3.8) is 0 Å². The third kappa shape index (κ3) is 3.54. The number of anilines is 1. The van der Waals surface area contributed by atoms with Gasteiger partial charge < -0.3 is 10.5 Å². The molecule has 2 rings (SSSR count). The molecule has 94 valence electrons. The van der Waals surface area contributed by atoms with Crippen LogP contribution in [0.4, 0.5) is 10.2 Å². The summed E-state index contributed by atoms with van der Waals surface area (Å²) < 4.78 is 18.1. The van der Waals surface area contributed by atoms with Crippen molar-refractivity contribution in [1.29, 1.82) is 0 Å². The number of nitrogens with two attached hydrogens (primary N) is 1. The van der Waals surface area contributed by atoms with Crippen LogP contribution in [0.3, 0.4) is 0 Å². The number of nitrogens with zero attached hydrogens (tertiary/aromatic N) is 2. The van der Waals surface area contributed by atoms with Crippen LogP contribution in [-0.4, -0.2) is 16.6 Å². The van der Waals surface area contributed by atoms with Gasteiger partial charge in [0.2, 0.25) is 0 Å². The van der Waals surface area contributed by atoms with Crippen molar-refractivity contribution in [2.75, 3.05) is 12.3 Å². The molecular formula is C12H18FN3O. The molecule has 0 aromatic carbocycles. The van der Waals surface area contributed by atoms with E-state index < -0.39 is 5.82 Å². The Morgan fingerprint density at radius 1 is 1.41 bits per heavy atom. The lowest BCUT2D eigenvalue weighted by Gasteiger charge is -2.08. The number of halogens is 1. The second-order valence-electron chi connectivity index (χ2n) is 4.53. The van der Waals surface area contributed by atoms with Gasteiger partial charge in [-0.2, -0.15) is 4.98 Å². The van der Waals surface area contributed by atoms with Gasteiger partial charge in [0, 0.05) is 0 Å². The summed E-state index contributed by atoms with van der Waals surface area (Å²) in [6.45, 7) is 0.571. The van der Waals surface area contributed by atoms with E-state index in [0.717, 1.165) is 18.5 Å². The number of nitrogen functional groups attached to an aromatic ring is 1. The molecular weight excluding hydrogens is 221 g/mol. The standard InChI is InChI=1S/C12H18FN3O/c13-10-8-15-12(16-11(10)14)17-7-3-6-9-4-1-2-5-9/h8-9H,1-7H2,(H2,14,15,16). The quantitative estimate of drug-likeness (QED) is 0.802. The van der Waals surface area contributed by atoms with Crippen LogP contribution in [0.5, 0.6) is 6.01 Å². The number of hydrogen-bond donors (Lipinski definition) is 1. The van der Waals surface area contributed by atoms with E-state index in [0.29, 0.717) is 6.61 Å². The minimum Gasteiger partial charge on any atom is -0.463 e. The number of hydrogen-bond acceptors (Lipinski definition) is 4. The zero-order valence-electron chi connectivity index (χ0n) is 9.86. The van der Waals surface area contributed by atoms with E-state index in [1.165, 1.54) is 32.1 Å². The lowest BCUT2D eigenvalue weighted by molar-refractivity contribution is 0.271. The van der Waals surface area contributed by atoms with E-state index in [1.807, 2.05) is 0 Å². The highest BCUT2D eigenvalue weighted by atomic mass is 19.1. The summed E-state index contributed by atoms with van der Waals surface area (Å²) >= 11 is 0. The molecule has 1 aromatic heterocycles. The minimum atomic E-state index is -0.608. The molecule has 1 saturated carbocycles. The van der Waals surface area contributed by atoms with Gasteiger partial charge in [0.05, 0.1) is 12.8 Å². The third-order valence-electron chi connectivity index (χ3n) is 3.21. The van der Waals surface area contributed by atoms with Crippen LogP contribution in [0, 0.1) is 11.7 Å². The van der Waals surface area contributed by atoms with Crippen LogP contribution in [0.2, 0.25) is 0 Å². The normalized spacial score (nSPS) is 16.3. The summed E-state index contributed by atoms with van der Waals surface area (Å²) in [5.41, 5.74) is 5.32. The molecule has 0 amide bonds. The van der Waals surface area contributed by atoms with Crippen molar-refractivity contribution in [3.05, 3.63) is 12.0 Å². The molecule has 0 bridgehead atoms. The second kappa shape index (κ2) is 5.80. The average molecular weight is 239 g/mol. The molecule has 1 aliphatic carbocycles. The number of aromatic nitrogens is 2. The lowest BCUT2D eigenvalue weighted by atomic mass is 10.0. The second-order valence-corrected chi connectivity index (χ2v) is 4.53. The largest absolute Gasteiger partial charge is 0.463 e. The summed E-state index contributed by atoms with van der Waals surface area (Å²) in [7, 11) is 0. The Morgan fingerprint density at radius 3 is 2.88 bits per heavy atom. The lowest BCUT2D eigenvalue weighted by Crippen LogP contribution is -2.05. The SMILES string of the molecule is Nc1nc(OCCCC2CCCC2)ncc1F. The highest BCUT2D eigenvalue weighted by Crippen LogP contribution is 2.28. The molecule has 0 saturated heterocycles.